The Kier molecular flexibility index (Phi) is 8.65. The number of rotatable bonds is 6. The molecule has 0 amide bonds. The van der Waals surface area contributed by atoms with E-state index in [2.05, 4.69) is 37.3 Å². The molecule has 0 unspecified atom stereocenters. The third kappa shape index (κ3) is 7.29. The zero-order chi connectivity index (χ0) is 24.0. The number of imidazole rings is 1. The number of oxazole rings is 1. The first kappa shape index (κ1) is 25.2. The number of benzene rings is 1. The molecule has 2 aliphatic rings. The number of aromatic nitrogens is 3. The molecule has 1 aromatic carbocycles. The van der Waals surface area contributed by atoms with Crippen molar-refractivity contribution in [2.75, 3.05) is 13.1 Å². The number of piperidine rings is 1. The van der Waals surface area contributed by atoms with Gasteiger partial charge in [0, 0.05) is 12.2 Å². The van der Waals surface area contributed by atoms with Crippen molar-refractivity contribution < 1.29 is 17.0 Å². The van der Waals surface area contributed by atoms with Crippen molar-refractivity contribution in [1.82, 2.24) is 19.9 Å². The van der Waals surface area contributed by atoms with Crippen LogP contribution in [0, 0.1) is 6.92 Å². The Labute approximate surface area is 205 Å². The maximum absolute atomic E-state index is 10.5. The molecule has 1 saturated carbocycles. The second kappa shape index (κ2) is 11.7. The monoisotopic (exact) mass is 507 g/mol. The minimum Gasteiger partial charge on any atom is -0.444 e. The fourth-order valence-corrected chi connectivity index (χ4v) is 6.13. The highest BCUT2D eigenvalue weighted by Gasteiger charge is 2.20. The summed E-state index contributed by atoms with van der Waals surface area (Å²) in [6, 6.07) is 8.30. The van der Waals surface area contributed by atoms with Crippen LogP contribution in [0.1, 0.15) is 56.6 Å². The summed E-state index contributed by atoms with van der Waals surface area (Å²) in [5.74, 6) is 1.58. The summed E-state index contributed by atoms with van der Waals surface area (Å²) in [6.07, 6.45) is 8.91. The second-order valence-electron chi connectivity index (χ2n) is 8.73. The number of nitrogens with zero attached hydrogens (tertiary/aromatic N) is 3. The molecule has 1 aliphatic heterocycles. The molecule has 34 heavy (non-hydrogen) atoms. The van der Waals surface area contributed by atoms with Crippen molar-refractivity contribution >= 4 is 33.1 Å². The smallest absolute Gasteiger partial charge is 0.333 e. The third-order valence-corrected chi connectivity index (χ3v) is 7.85. The van der Waals surface area contributed by atoms with Gasteiger partial charge >= 0.3 is 10.3 Å². The Bertz CT molecular complexity index is 1170. The molecule has 1 saturated heterocycles. The van der Waals surface area contributed by atoms with Crippen LogP contribution in [-0.2, 0) is 21.0 Å². The summed E-state index contributed by atoms with van der Waals surface area (Å²) in [7, 11) is -3.72. The highest BCUT2D eigenvalue weighted by molar-refractivity contribution is 7.99. The van der Waals surface area contributed by atoms with Crippen molar-refractivity contribution in [2.24, 2.45) is 5.14 Å². The number of aryl methyl sites for hydroxylation is 1. The lowest BCUT2D eigenvalue weighted by atomic mass is 9.98. The van der Waals surface area contributed by atoms with Gasteiger partial charge < -0.3 is 14.3 Å². The van der Waals surface area contributed by atoms with Gasteiger partial charge in [-0.1, -0.05) is 43.2 Å². The van der Waals surface area contributed by atoms with E-state index in [1.165, 1.54) is 19.3 Å². The van der Waals surface area contributed by atoms with Crippen LogP contribution < -0.4 is 10.5 Å². The van der Waals surface area contributed by atoms with E-state index >= 15 is 0 Å². The van der Waals surface area contributed by atoms with Gasteiger partial charge in [-0.05, 0) is 50.9 Å². The molecule has 1 aliphatic carbocycles. The Morgan fingerprint density at radius 2 is 1.91 bits per heavy atom. The van der Waals surface area contributed by atoms with Gasteiger partial charge in [0.15, 0.2) is 11.0 Å². The molecule has 0 radical (unpaired) electrons. The first-order valence-electron chi connectivity index (χ1n) is 11.8. The Morgan fingerprint density at radius 3 is 2.59 bits per heavy atom. The Balaban J connectivity index is 0.000000210. The largest absolute Gasteiger partial charge is 0.444 e. The number of fused-ring (bicyclic) bond motifs is 1. The van der Waals surface area contributed by atoms with Crippen molar-refractivity contribution in [3.05, 3.63) is 42.1 Å². The minimum absolute atomic E-state index is 0.168. The van der Waals surface area contributed by atoms with E-state index in [0.717, 1.165) is 60.7 Å². The number of thioether (sulfide) groups is 1. The van der Waals surface area contributed by atoms with Crippen LogP contribution in [0.4, 0.5) is 0 Å². The van der Waals surface area contributed by atoms with E-state index in [1.807, 2.05) is 30.9 Å². The van der Waals surface area contributed by atoms with Gasteiger partial charge in [0.2, 0.25) is 0 Å². The maximum atomic E-state index is 10.5. The molecule has 2 aromatic heterocycles. The summed E-state index contributed by atoms with van der Waals surface area (Å²) < 4.78 is 33.5. The SMILES string of the molecule is Cc1ncc(Cn2c(SC3CCNCC3)nc3ccccc32)o1.NS(=O)(=O)OC1CCCCC1. The van der Waals surface area contributed by atoms with Crippen LogP contribution >= 0.6 is 11.8 Å². The Hall–Kier alpha value is -1.92. The molecule has 0 bridgehead atoms. The third-order valence-electron chi connectivity index (χ3n) is 5.98. The fraction of sp³-hybridized carbons (Fsp3) is 0.565. The summed E-state index contributed by atoms with van der Waals surface area (Å²) in [5.41, 5.74) is 2.19. The van der Waals surface area contributed by atoms with Crippen molar-refractivity contribution in [1.29, 1.82) is 0 Å². The number of para-hydroxylation sites is 2. The molecule has 2 fully saturated rings. The second-order valence-corrected chi connectivity index (χ2v) is 11.2. The molecule has 3 aromatic rings. The van der Waals surface area contributed by atoms with E-state index < -0.39 is 10.3 Å². The first-order chi connectivity index (χ1) is 16.4. The molecule has 0 atom stereocenters. The minimum atomic E-state index is -3.72. The van der Waals surface area contributed by atoms with E-state index in [9.17, 15) is 8.42 Å². The van der Waals surface area contributed by atoms with Crippen LogP contribution in [0.15, 0.2) is 40.0 Å². The predicted molar refractivity (Wildman–Crippen MR) is 133 cm³/mol. The molecule has 9 nitrogen and oxygen atoms in total. The number of nitrogens with two attached hydrogens (primary N) is 1. The quantitative estimate of drug-likeness (QED) is 0.517. The van der Waals surface area contributed by atoms with Gasteiger partial charge in [0.05, 0.1) is 29.9 Å². The first-order valence-corrected chi connectivity index (χ1v) is 14.2. The number of hydrogen-bond donors (Lipinski definition) is 2. The van der Waals surface area contributed by atoms with E-state index in [-0.39, 0.29) is 6.10 Å². The molecule has 11 heteroatoms. The lowest BCUT2D eigenvalue weighted by Crippen LogP contribution is -2.29. The highest BCUT2D eigenvalue weighted by Crippen LogP contribution is 2.31. The molecular formula is C23H33N5O4S2. The number of hydrogen-bond acceptors (Lipinski definition) is 8. The Morgan fingerprint density at radius 1 is 1.18 bits per heavy atom. The van der Waals surface area contributed by atoms with E-state index in [1.54, 1.807) is 0 Å². The average molecular weight is 508 g/mol. The fourth-order valence-electron chi connectivity index (χ4n) is 4.34. The normalized spacial score (nSPS) is 18.1. The number of nitrogens with one attached hydrogen (secondary N) is 1. The van der Waals surface area contributed by atoms with Gasteiger partial charge in [-0.25, -0.2) is 15.1 Å². The van der Waals surface area contributed by atoms with Crippen molar-refractivity contribution in [3.63, 3.8) is 0 Å². The molecule has 0 spiro atoms. The topological polar surface area (TPSA) is 125 Å². The van der Waals surface area contributed by atoms with Crippen LogP contribution in [0.3, 0.4) is 0 Å². The summed E-state index contributed by atoms with van der Waals surface area (Å²) >= 11 is 1.89. The van der Waals surface area contributed by atoms with Crippen LogP contribution in [-0.4, -0.2) is 47.4 Å². The maximum Gasteiger partial charge on any atom is 0.333 e. The van der Waals surface area contributed by atoms with Gasteiger partial charge in [0.1, 0.15) is 5.76 Å². The summed E-state index contributed by atoms with van der Waals surface area (Å²) in [6.45, 7) is 4.74. The highest BCUT2D eigenvalue weighted by atomic mass is 32.2. The van der Waals surface area contributed by atoms with E-state index in [0.29, 0.717) is 17.7 Å². The molecule has 186 valence electrons. The average Bonchev–Trinajstić information content (AvgIpc) is 3.38. The molecule has 3 heterocycles. The standard InChI is InChI=1S/C17H20N4OS.C6H13NO3S/c1-12-19-10-13(22-12)11-21-16-5-3-2-4-15(16)20-17(21)23-14-6-8-18-9-7-14;7-11(8,9)10-6-4-2-1-3-5-6/h2-5,10,14,18H,6-9,11H2,1H3;6H,1-5H2,(H2,7,8,9). The zero-order valence-electron chi connectivity index (χ0n) is 19.5. The zero-order valence-corrected chi connectivity index (χ0v) is 21.1. The van der Waals surface area contributed by atoms with Crippen molar-refractivity contribution in [2.45, 2.75) is 74.9 Å². The van der Waals surface area contributed by atoms with Crippen molar-refractivity contribution in [3.8, 4) is 0 Å². The van der Waals surface area contributed by atoms with Gasteiger partial charge in [-0.2, -0.15) is 8.42 Å². The summed E-state index contributed by atoms with van der Waals surface area (Å²) in [5, 5.41) is 9.84. The van der Waals surface area contributed by atoms with Crippen LogP contribution in [0.25, 0.3) is 11.0 Å². The molecule has 5 rings (SSSR count). The van der Waals surface area contributed by atoms with Crippen LogP contribution in [0.2, 0.25) is 0 Å². The van der Waals surface area contributed by atoms with E-state index in [4.69, 9.17) is 14.5 Å². The van der Waals surface area contributed by atoms with Gasteiger partial charge in [-0.3, -0.25) is 4.18 Å². The van der Waals surface area contributed by atoms with Gasteiger partial charge in [0.25, 0.3) is 0 Å². The predicted octanol–water partition coefficient (Wildman–Crippen LogP) is 3.76. The van der Waals surface area contributed by atoms with Gasteiger partial charge in [-0.15, -0.1) is 0 Å². The molecule has 3 N–H and O–H groups in total. The van der Waals surface area contributed by atoms with Crippen LogP contribution in [0.5, 0.6) is 0 Å². The molecular weight excluding hydrogens is 474 g/mol. The lowest BCUT2D eigenvalue weighted by Gasteiger charge is -2.21. The lowest BCUT2D eigenvalue weighted by molar-refractivity contribution is 0.162. The summed E-state index contributed by atoms with van der Waals surface area (Å²) in [4.78, 5) is 9.06.